The number of aromatic nitrogens is 1. The Bertz CT molecular complexity index is 2080. The Morgan fingerprint density at radius 1 is 1.11 bits per heavy atom. The Labute approximate surface area is 289 Å². The van der Waals surface area contributed by atoms with Crippen LogP contribution in [-0.4, -0.2) is 31.4 Å². The number of carbonyl (C=O) groups is 1. The Hall–Kier alpha value is -4.37. The first-order chi connectivity index (χ1) is 22.7. The van der Waals surface area contributed by atoms with Crippen LogP contribution in [-0.2, 0) is 16.1 Å². The van der Waals surface area contributed by atoms with E-state index in [-0.39, 0.29) is 24.3 Å². The molecule has 0 radical (unpaired) electrons. The van der Waals surface area contributed by atoms with Gasteiger partial charge < -0.3 is 18.9 Å². The van der Waals surface area contributed by atoms with E-state index < -0.39 is 12.0 Å². The lowest BCUT2D eigenvalue weighted by molar-refractivity contribution is -0.139. The molecule has 12 heteroatoms. The highest BCUT2D eigenvalue weighted by molar-refractivity contribution is 9.10. The van der Waals surface area contributed by atoms with Crippen LogP contribution in [0.1, 0.15) is 55.0 Å². The highest BCUT2D eigenvalue weighted by atomic mass is 79.9. The molecule has 5 rings (SSSR count). The van der Waals surface area contributed by atoms with Gasteiger partial charge in [0.15, 0.2) is 16.3 Å². The van der Waals surface area contributed by atoms with E-state index >= 15 is 0 Å². The summed E-state index contributed by atoms with van der Waals surface area (Å²) in [5.74, 6) is 0.875. The maximum atomic E-state index is 14.2. The number of rotatable bonds is 11. The maximum absolute atomic E-state index is 14.2. The summed E-state index contributed by atoms with van der Waals surface area (Å²) in [6.07, 6.45) is 2.98. The number of nitrogens with zero attached hydrogens (tertiary/aromatic N) is 3. The van der Waals surface area contributed by atoms with Gasteiger partial charge in [-0.3, -0.25) is 9.36 Å². The zero-order valence-corrected chi connectivity index (χ0v) is 29.3. The van der Waals surface area contributed by atoms with Crippen LogP contribution in [0.4, 0.5) is 0 Å². The molecule has 0 bridgehead atoms. The molecule has 0 saturated carbocycles. The zero-order chi connectivity index (χ0) is 33.7. The molecule has 242 valence electrons. The summed E-state index contributed by atoms with van der Waals surface area (Å²) < 4.78 is 25.4. The Morgan fingerprint density at radius 3 is 2.51 bits per heavy atom. The van der Waals surface area contributed by atoms with E-state index in [0.717, 1.165) is 12.0 Å². The number of esters is 1. The van der Waals surface area contributed by atoms with Crippen molar-refractivity contribution in [3.63, 3.8) is 0 Å². The van der Waals surface area contributed by atoms with Crippen molar-refractivity contribution in [2.75, 3.05) is 20.8 Å². The molecular weight excluding hydrogens is 706 g/mol. The van der Waals surface area contributed by atoms with Gasteiger partial charge in [-0.2, -0.15) is 5.26 Å². The van der Waals surface area contributed by atoms with Crippen LogP contribution in [0, 0.1) is 11.3 Å². The van der Waals surface area contributed by atoms with Gasteiger partial charge in [-0.05, 0) is 88.9 Å². The van der Waals surface area contributed by atoms with Crippen LogP contribution in [0.2, 0.25) is 5.02 Å². The molecule has 0 amide bonds. The minimum atomic E-state index is -0.873. The number of ether oxygens (including phenoxy) is 4. The van der Waals surface area contributed by atoms with Crippen molar-refractivity contribution in [1.29, 1.82) is 5.26 Å². The number of carbonyl (C=O) groups excluding carboxylic acids is 1. The lowest BCUT2D eigenvalue weighted by atomic mass is 9.93. The fraction of sp³-hybridized carbons (Fsp3) is 0.257. The van der Waals surface area contributed by atoms with Crippen LogP contribution in [0.15, 0.2) is 80.1 Å². The lowest BCUT2D eigenvalue weighted by Gasteiger charge is -2.27. The number of hydrogen-bond donors (Lipinski definition) is 0. The maximum Gasteiger partial charge on any atom is 0.338 e. The smallest absolute Gasteiger partial charge is 0.338 e. The molecule has 0 unspecified atom stereocenters. The first-order valence-electron chi connectivity index (χ1n) is 14.8. The third-order valence-electron chi connectivity index (χ3n) is 7.39. The van der Waals surface area contributed by atoms with E-state index in [4.69, 9.17) is 40.8 Å². The molecular formula is C35H31BrClN3O6S. The van der Waals surface area contributed by atoms with Gasteiger partial charge in [-0.25, -0.2) is 9.79 Å². The van der Waals surface area contributed by atoms with Crippen molar-refractivity contribution in [2.45, 2.75) is 39.3 Å². The number of benzene rings is 3. The molecule has 1 aliphatic heterocycles. The number of hydrogen-bond acceptors (Lipinski definition) is 9. The van der Waals surface area contributed by atoms with Crippen molar-refractivity contribution in [1.82, 2.24) is 4.57 Å². The topological polar surface area (TPSA) is 112 Å². The molecule has 4 aromatic rings. The second-order valence-electron chi connectivity index (χ2n) is 10.4. The van der Waals surface area contributed by atoms with Crippen molar-refractivity contribution < 1.29 is 23.7 Å². The van der Waals surface area contributed by atoms with Crippen molar-refractivity contribution in [2.24, 2.45) is 4.99 Å². The minimum absolute atomic E-state index is 0.162. The van der Waals surface area contributed by atoms with Crippen LogP contribution in [0.25, 0.3) is 6.08 Å². The molecule has 0 N–H and O–H groups in total. The molecule has 47 heavy (non-hydrogen) atoms. The normalized spacial score (nSPS) is 14.2. The Morgan fingerprint density at radius 2 is 1.85 bits per heavy atom. The van der Waals surface area contributed by atoms with Crippen molar-refractivity contribution in [3.8, 4) is 23.3 Å². The quantitative estimate of drug-likeness (QED) is 0.163. The van der Waals surface area contributed by atoms with E-state index in [1.54, 1.807) is 56.5 Å². The van der Waals surface area contributed by atoms with Gasteiger partial charge in [0.25, 0.3) is 5.56 Å². The summed E-state index contributed by atoms with van der Waals surface area (Å²) >= 11 is 11.3. The van der Waals surface area contributed by atoms with Gasteiger partial charge in [-0.1, -0.05) is 48.4 Å². The van der Waals surface area contributed by atoms with E-state index in [1.165, 1.54) is 23.0 Å². The van der Waals surface area contributed by atoms with Crippen LogP contribution >= 0.6 is 38.9 Å². The Balaban J connectivity index is 1.62. The fourth-order valence-corrected chi connectivity index (χ4v) is 7.05. The van der Waals surface area contributed by atoms with Crippen molar-refractivity contribution >= 4 is 50.9 Å². The molecule has 1 aliphatic rings. The SMILES string of the molecule is CCCC1=C(C(=O)OCC)[C@H](c2cc(Cl)ccc2OC)n2c(s/c(=C\c3cc(Br)c(OCc4ccc(C#N)cc4)c(OC)c3)c2=O)=N1. The number of nitriles is 1. The summed E-state index contributed by atoms with van der Waals surface area (Å²) in [5, 5.41) is 9.49. The fourth-order valence-electron chi connectivity index (χ4n) is 5.28. The molecule has 3 aromatic carbocycles. The van der Waals surface area contributed by atoms with Gasteiger partial charge in [0.2, 0.25) is 0 Å². The highest BCUT2D eigenvalue weighted by Crippen LogP contribution is 2.39. The average Bonchev–Trinajstić information content (AvgIpc) is 3.37. The first kappa shape index (κ1) is 34.0. The molecule has 9 nitrogen and oxygen atoms in total. The second-order valence-corrected chi connectivity index (χ2v) is 12.7. The number of fused-ring (bicyclic) bond motifs is 1. The van der Waals surface area contributed by atoms with E-state index in [9.17, 15) is 9.59 Å². The summed E-state index contributed by atoms with van der Waals surface area (Å²) in [5.41, 5.74) is 3.18. The van der Waals surface area contributed by atoms with Crippen LogP contribution in [0.3, 0.4) is 0 Å². The summed E-state index contributed by atoms with van der Waals surface area (Å²) in [6.45, 7) is 4.15. The summed E-state index contributed by atoms with van der Waals surface area (Å²) in [7, 11) is 3.07. The molecule has 1 atom stereocenters. The first-order valence-corrected chi connectivity index (χ1v) is 16.8. The number of thiazole rings is 1. The van der Waals surface area contributed by atoms with Gasteiger partial charge in [0.05, 0.1) is 52.7 Å². The van der Waals surface area contributed by atoms with Crippen LogP contribution < -0.4 is 29.1 Å². The van der Waals surface area contributed by atoms with E-state index in [2.05, 4.69) is 22.0 Å². The third-order valence-corrected chi connectivity index (χ3v) is 9.20. The van der Waals surface area contributed by atoms with E-state index in [0.29, 0.717) is 64.9 Å². The monoisotopic (exact) mass is 735 g/mol. The molecule has 0 fully saturated rings. The molecule has 0 aliphatic carbocycles. The van der Waals surface area contributed by atoms with Crippen molar-refractivity contribution in [3.05, 3.63) is 117 Å². The standard InChI is InChI=1S/C35H31BrClN3O6S/c1-5-7-26-30(34(42)45-6-2)31(24-17-23(37)12-13-27(24)43-3)40-33(41)29(47-35(40)39-26)16-22-14-25(36)32(28(15-22)44-4)46-19-21-10-8-20(18-38)9-11-21/h8-17,31H,5-7,19H2,1-4H3/b29-16-/t31-/m0/s1. The lowest BCUT2D eigenvalue weighted by Crippen LogP contribution is -2.40. The number of allylic oxidation sites excluding steroid dienone is 1. The molecule has 0 saturated heterocycles. The largest absolute Gasteiger partial charge is 0.496 e. The van der Waals surface area contributed by atoms with Gasteiger partial charge in [0, 0.05) is 10.6 Å². The number of methoxy groups -OCH3 is 2. The highest BCUT2D eigenvalue weighted by Gasteiger charge is 2.36. The van der Waals surface area contributed by atoms with Crippen LogP contribution in [0.5, 0.6) is 17.2 Å². The van der Waals surface area contributed by atoms with Gasteiger partial charge in [-0.15, -0.1) is 0 Å². The Kier molecular flexibility index (Phi) is 10.9. The molecule has 2 heterocycles. The third kappa shape index (κ3) is 7.15. The molecule has 0 spiro atoms. The predicted molar refractivity (Wildman–Crippen MR) is 184 cm³/mol. The molecule has 1 aromatic heterocycles. The second kappa shape index (κ2) is 15.0. The number of halogens is 2. The van der Waals surface area contributed by atoms with E-state index in [1.807, 2.05) is 25.1 Å². The average molecular weight is 737 g/mol. The van der Waals surface area contributed by atoms with Gasteiger partial charge in [0.1, 0.15) is 18.4 Å². The summed E-state index contributed by atoms with van der Waals surface area (Å²) in [6, 6.07) is 17.1. The summed E-state index contributed by atoms with van der Waals surface area (Å²) in [4.78, 5) is 33.0. The predicted octanol–water partition coefficient (Wildman–Crippen LogP) is 6.46. The van der Waals surface area contributed by atoms with Gasteiger partial charge >= 0.3 is 5.97 Å². The minimum Gasteiger partial charge on any atom is -0.496 e. The zero-order valence-electron chi connectivity index (χ0n) is 26.1.